The fourth-order valence-electron chi connectivity index (χ4n) is 3.84. The van der Waals surface area contributed by atoms with Crippen LogP contribution in [0.15, 0.2) is 66.9 Å². The van der Waals surface area contributed by atoms with Crippen LogP contribution in [-0.2, 0) is 19.5 Å². The number of hydrogen-bond acceptors (Lipinski definition) is 8. The zero-order valence-electron chi connectivity index (χ0n) is 20.7. The maximum absolute atomic E-state index is 13.6. The van der Waals surface area contributed by atoms with Crippen molar-refractivity contribution in [3.05, 3.63) is 78.5 Å². The Morgan fingerprint density at radius 3 is 2.47 bits per heavy atom. The largest absolute Gasteiger partial charge is 0.424 e. The summed E-state index contributed by atoms with van der Waals surface area (Å²) < 4.78 is 56.8. The molecule has 38 heavy (non-hydrogen) atoms. The van der Waals surface area contributed by atoms with Gasteiger partial charge in [0.1, 0.15) is 11.6 Å². The maximum Gasteiger partial charge on any atom is 0.322 e. The highest BCUT2D eigenvalue weighted by Gasteiger charge is 2.35. The summed E-state index contributed by atoms with van der Waals surface area (Å²) in [5, 5.41) is 0. The van der Waals surface area contributed by atoms with E-state index in [1.807, 2.05) is 25.1 Å². The average molecular weight is 540 g/mol. The highest BCUT2D eigenvalue weighted by atomic mass is 32.2. The van der Waals surface area contributed by atoms with Gasteiger partial charge in [0.25, 0.3) is 0 Å². The van der Waals surface area contributed by atoms with E-state index in [1.165, 1.54) is 12.1 Å². The van der Waals surface area contributed by atoms with Crippen molar-refractivity contribution in [2.75, 3.05) is 26.0 Å². The van der Waals surface area contributed by atoms with Gasteiger partial charge < -0.3 is 19.2 Å². The van der Waals surface area contributed by atoms with Crippen molar-refractivity contribution >= 4 is 10.0 Å². The topological polar surface area (TPSA) is 128 Å². The van der Waals surface area contributed by atoms with E-state index in [1.54, 1.807) is 36.5 Å². The van der Waals surface area contributed by atoms with Crippen LogP contribution in [0, 0.1) is 11.2 Å². The van der Waals surface area contributed by atoms with Gasteiger partial charge in [0.15, 0.2) is 5.82 Å². The third kappa shape index (κ3) is 6.22. The van der Waals surface area contributed by atoms with Crippen LogP contribution in [0.1, 0.15) is 19.0 Å². The van der Waals surface area contributed by atoms with E-state index < -0.39 is 21.7 Å². The number of H-pyrrole nitrogens is 1. The number of hydrogen-bond donors (Lipinski definition) is 2. The number of sulfonamides is 1. The van der Waals surface area contributed by atoms with Gasteiger partial charge in [-0.2, -0.15) is 4.98 Å². The molecule has 1 saturated heterocycles. The molecule has 0 radical (unpaired) electrons. The van der Waals surface area contributed by atoms with Gasteiger partial charge in [0.2, 0.25) is 16.3 Å². The van der Waals surface area contributed by atoms with Gasteiger partial charge in [0.05, 0.1) is 36.6 Å². The van der Waals surface area contributed by atoms with Crippen molar-refractivity contribution in [2.45, 2.75) is 13.2 Å². The van der Waals surface area contributed by atoms with Crippen molar-refractivity contribution in [1.29, 1.82) is 0 Å². The van der Waals surface area contributed by atoms with Crippen LogP contribution in [0.2, 0.25) is 0 Å². The summed E-state index contributed by atoms with van der Waals surface area (Å²) in [7, 11) is -3.35. The first-order valence-corrected chi connectivity index (χ1v) is 13.7. The second-order valence-electron chi connectivity index (χ2n) is 9.35. The molecule has 1 aliphatic rings. The quantitative estimate of drug-likeness (QED) is 0.343. The van der Waals surface area contributed by atoms with E-state index in [-0.39, 0.29) is 31.6 Å². The van der Waals surface area contributed by atoms with Gasteiger partial charge in [-0.1, -0.05) is 25.1 Å². The van der Waals surface area contributed by atoms with Gasteiger partial charge >= 0.3 is 6.01 Å². The van der Waals surface area contributed by atoms with Crippen LogP contribution in [0.5, 0.6) is 11.8 Å². The summed E-state index contributed by atoms with van der Waals surface area (Å²) in [5.74, 6) is 0.611. The lowest BCUT2D eigenvalue weighted by Crippen LogP contribution is -2.45. The number of nitrogens with one attached hydrogen (secondary N) is 2. The molecule has 2 aromatic carbocycles. The van der Waals surface area contributed by atoms with Crippen LogP contribution in [0.25, 0.3) is 22.6 Å². The molecule has 0 bridgehead atoms. The Kier molecular flexibility index (Phi) is 7.21. The highest BCUT2D eigenvalue weighted by molar-refractivity contribution is 7.88. The summed E-state index contributed by atoms with van der Waals surface area (Å²) >= 11 is 0. The van der Waals surface area contributed by atoms with E-state index in [9.17, 15) is 12.8 Å². The van der Waals surface area contributed by atoms with Gasteiger partial charge in [-0.3, -0.25) is 0 Å². The van der Waals surface area contributed by atoms with E-state index in [0.717, 1.165) is 6.26 Å². The Morgan fingerprint density at radius 2 is 1.79 bits per heavy atom. The van der Waals surface area contributed by atoms with Crippen molar-refractivity contribution in [3.8, 4) is 34.4 Å². The molecule has 0 unspecified atom stereocenters. The minimum absolute atomic E-state index is 0.147. The molecule has 1 fully saturated rings. The van der Waals surface area contributed by atoms with Crippen LogP contribution in [-0.4, -0.2) is 54.4 Å². The predicted molar refractivity (Wildman–Crippen MR) is 137 cm³/mol. The standard InChI is InChI=1S/C26H26FN5O5S/c1-26(14-29-38(2,33)34)15-35-24(36-16-26)23-31-21(17-8-10-18(27)11-9-17)22(32-23)20-12-13-28-25(30-20)37-19-6-4-3-5-7-19/h3-13,24,29H,14-16H2,1-2H3,(H,31,32). The van der Waals surface area contributed by atoms with E-state index >= 15 is 0 Å². The molecule has 1 aliphatic heterocycles. The Bertz CT molecular complexity index is 1500. The van der Waals surface area contributed by atoms with Crippen LogP contribution in [0.4, 0.5) is 4.39 Å². The minimum Gasteiger partial charge on any atom is -0.424 e. The van der Waals surface area contributed by atoms with E-state index in [0.29, 0.717) is 34.2 Å². The lowest BCUT2D eigenvalue weighted by molar-refractivity contribution is -0.231. The summed E-state index contributed by atoms with van der Waals surface area (Å²) in [5.41, 5.74) is 1.67. The molecule has 5 rings (SSSR count). The predicted octanol–water partition coefficient (Wildman–Crippen LogP) is 4.07. The molecule has 3 heterocycles. The molecular formula is C26H26FN5O5S. The van der Waals surface area contributed by atoms with Crippen molar-refractivity contribution in [3.63, 3.8) is 0 Å². The second-order valence-corrected chi connectivity index (χ2v) is 11.2. The van der Waals surface area contributed by atoms with Crippen molar-refractivity contribution in [2.24, 2.45) is 5.41 Å². The molecule has 10 nitrogen and oxygen atoms in total. The number of halogens is 1. The number of aromatic amines is 1. The van der Waals surface area contributed by atoms with Gasteiger partial charge in [-0.25, -0.2) is 27.5 Å². The smallest absolute Gasteiger partial charge is 0.322 e. The number of nitrogens with zero attached hydrogens (tertiary/aromatic N) is 3. The Balaban J connectivity index is 1.43. The summed E-state index contributed by atoms with van der Waals surface area (Å²) in [6.07, 6.45) is 1.86. The fraction of sp³-hybridized carbons (Fsp3) is 0.269. The van der Waals surface area contributed by atoms with Gasteiger partial charge in [-0.15, -0.1) is 0 Å². The molecule has 0 saturated carbocycles. The molecule has 12 heteroatoms. The van der Waals surface area contributed by atoms with Crippen molar-refractivity contribution < 1.29 is 27.0 Å². The number of benzene rings is 2. The van der Waals surface area contributed by atoms with Crippen molar-refractivity contribution in [1.82, 2.24) is 24.7 Å². The zero-order valence-corrected chi connectivity index (χ0v) is 21.5. The number of ether oxygens (including phenoxy) is 3. The first kappa shape index (κ1) is 25.9. The van der Waals surface area contributed by atoms with E-state index in [2.05, 4.69) is 19.7 Å². The maximum atomic E-state index is 13.6. The fourth-order valence-corrected chi connectivity index (χ4v) is 4.45. The Labute approximate surface area is 219 Å². The highest BCUT2D eigenvalue weighted by Crippen LogP contribution is 2.35. The molecule has 0 aliphatic carbocycles. The minimum atomic E-state index is -3.35. The average Bonchev–Trinajstić information content (AvgIpc) is 3.34. The lowest BCUT2D eigenvalue weighted by atomic mass is 9.92. The normalized spacial score (nSPS) is 19.8. The lowest BCUT2D eigenvalue weighted by Gasteiger charge is -2.36. The summed E-state index contributed by atoms with van der Waals surface area (Å²) in [4.78, 5) is 16.7. The molecule has 0 spiro atoms. The van der Waals surface area contributed by atoms with Crippen LogP contribution >= 0.6 is 0 Å². The second kappa shape index (κ2) is 10.6. The molecule has 2 aromatic heterocycles. The Hall–Kier alpha value is -3.71. The Morgan fingerprint density at radius 1 is 1.08 bits per heavy atom. The van der Waals surface area contributed by atoms with Crippen LogP contribution < -0.4 is 9.46 Å². The third-order valence-electron chi connectivity index (χ3n) is 5.83. The monoisotopic (exact) mass is 539 g/mol. The molecule has 4 aromatic rings. The summed E-state index contributed by atoms with van der Waals surface area (Å²) in [6.45, 7) is 2.53. The SMILES string of the molecule is CC1(CNS(C)(=O)=O)COC(c2nc(-c3ccc(F)cc3)c(-c3ccnc(Oc4ccccc4)n3)[nH]2)OC1. The number of para-hydroxylation sites is 1. The molecule has 0 atom stereocenters. The summed E-state index contributed by atoms with van der Waals surface area (Å²) in [6, 6.07) is 17.0. The van der Waals surface area contributed by atoms with E-state index in [4.69, 9.17) is 19.2 Å². The number of rotatable bonds is 8. The molecular weight excluding hydrogens is 513 g/mol. The number of imidazole rings is 1. The first-order valence-electron chi connectivity index (χ1n) is 11.8. The third-order valence-corrected chi connectivity index (χ3v) is 6.50. The van der Waals surface area contributed by atoms with Gasteiger partial charge in [0, 0.05) is 23.7 Å². The van der Waals surface area contributed by atoms with Gasteiger partial charge in [-0.05, 0) is 42.5 Å². The molecule has 2 N–H and O–H groups in total. The van der Waals surface area contributed by atoms with Crippen LogP contribution in [0.3, 0.4) is 0 Å². The molecule has 198 valence electrons. The zero-order chi connectivity index (χ0) is 26.8. The first-order chi connectivity index (χ1) is 18.2. The number of aromatic nitrogens is 4. The molecule has 0 amide bonds.